The Bertz CT molecular complexity index is 784. The maximum atomic E-state index is 11.6. The minimum atomic E-state index is -0.0477. The van der Waals surface area contributed by atoms with E-state index >= 15 is 0 Å². The highest BCUT2D eigenvalue weighted by atomic mass is 16.1. The first-order valence-electron chi connectivity index (χ1n) is 9.69. The molecule has 1 atom stereocenters. The van der Waals surface area contributed by atoms with Gasteiger partial charge in [0.25, 0.3) is 0 Å². The van der Waals surface area contributed by atoms with Crippen LogP contribution in [-0.4, -0.2) is 42.2 Å². The molecule has 4 heterocycles. The van der Waals surface area contributed by atoms with E-state index in [4.69, 9.17) is 0 Å². The molecule has 0 bridgehead atoms. The molecule has 2 fully saturated rings. The predicted octanol–water partition coefficient (Wildman–Crippen LogP) is 2.84. The fourth-order valence-corrected chi connectivity index (χ4v) is 4.02. The molecule has 2 saturated heterocycles. The number of rotatable bonds is 4. The molecular formula is C20H27N5O. The van der Waals surface area contributed by atoms with Crippen molar-refractivity contribution in [1.82, 2.24) is 9.97 Å². The zero-order valence-corrected chi connectivity index (χ0v) is 15.2. The Morgan fingerprint density at radius 2 is 1.81 bits per heavy atom. The Morgan fingerprint density at radius 3 is 2.65 bits per heavy atom. The van der Waals surface area contributed by atoms with E-state index < -0.39 is 0 Å². The van der Waals surface area contributed by atoms with Crippen LogP contribution in [-0.2, 0) is 0 Å². The van der Waals surface area contributed by atoms with Crippen LogP contribution in [0.3, 0.4) is 0 Å². The van der Waals surface area contributed by atoms with Gasteiger partial charge in [0.1, 0.15) is 5.82 Å². The first-order chi connectivity index (χ1) is 12.8. The Kier molecular flexibility index (Phi) is 5.09. The highest BCUT2D eigenvalue weighted by Crippen LogP contribution is 2.24. The highest BCUT2D eigenvalue weighted by molar-refractivity contribution is 5.55. The van der Waals surface area contributed by atoms with Crippen LogP contribution in [0.5, 0.6) is 0 Å². The number of hydrogen-bond donors (Lipinski definition) is 2. The third-order valence-electron chi connectivity index (χ3n) is 5.36. The normalized spacial score (nSPS) is 20.8. The molecule has 2 aromatic rings. The Labute approximate surface area is 154 Å². The molecule has 2 N–H and O–H groups in total. The number of anilines is 3. The first kappa shape index (κ1) is 16.9. The summed E-state index contributed by atoms with van der Waals surface area (Å²) in [6.07, 6.45) is 9.75. The van der Waals surface area contributed by atoms with Crippen molar-refractivity contribution in [2.24, 2.45) is 0 Å². The van der Waals surface area contributed by atoms with E-state index in [-0.39, 0.29) is 5.56 Å². The Balaban J connectivity index is 1.42. The molecule has 0 amide bonds. The molecule has 0 spiro atoms. The Hall–Kier alpha value is -2.50. The molecule has 2 aliphatic heterocycles. The summed E-state index contributed by atoms with van der Waals surface area (Å²) in [5.41, 5.74) is 2.22. The van der Waals surface area contributed by atoms with Crippen molar-refractivity contribution >= 4 is 17.2 Å². The zero-order valence-electron chi connectivity index (χ0n) is 15.2. The molecule has 138 valence electrons. The van der Waals surface area contributed by atoms with Crippen molar-refractivity contribution in [2.75, 3.05) is 41.3 Å². The second-order valence-electron chi connectivity index (χ2n) is 7.29. The van der Waals surface area contributed by atoms with Gasteiger partial charge < -0.3 is 20.1 Å². The van der Waals surface area contributed by atoms with Crippen LogP contribution < -0.4 is 20.7 Å². The van der Waals surface area contributed by atoms with Crippen LogP contribution in [0.25, 0.3) is 0 Å². The molecule has 0 radical (unpaired) electrons. The lowest BCUT2D eigenvalue weighted by molar-refractivity contribution is 0.528. The molecule has 26 heavy (non-hydrogen) atoms. The summed E-state index contributed by atoms with van der Waals surface area (Å²) in [7, 11) is 0. The van der Waals surface area contributed by atoms with Gasteiger partial charge in [0.05, 0.1) is 0 Å². The van der Waals surface area contributed by atoms with Gasteiger partial charge in [-0.05, 0) is 44.2 Å². The average molecular weight is 353 g/mol. The number of nitrogens with one attached hydrogen (secondary N) is 2. The van der Waals surface area contributed by atoms with Crippen LogP contribution in [0.2, 0.25) is 0 Å². The van der Waals surface area contributed by atoms with Gasteiger partial charge in [0.15, 0.2) is 0 Å². The largest absolute Gasteiger partial charge is 0.371 e. The maximum Gasteiger partial charge on any atom is 0.249 e. The number of hydrogen-bond acceptors (Lipinski definition) is 5. The molecule has 2 aliphatic rings. The molecule has 2 aromatic heterocycles. The number of aromatic amines is 1. The first-order valence-corrected chi connectivity index (χ1v) is 9.69. The molecule has 0 unspecified atom stereocenters. The van der Waals surface area contributed by atoms with Crippen LogP contribution in [0, 0.1) is 0 Å². The Morgan fingerprint density at radius 1 is 1.00 bits per heavy atom. The lowest BCUT2D eigenvalue weighted by atomic mass is 10.0. The molecule has 0 saturated carbocycles. The van der Waals surface area contributed by atoms with E-state index in [0.717, 1.165) is 50.5 Å². The molecule has 6 nitrogen and oxygen atoms in total. The maximum absolute atomic E-state index is 11.6. The van der Waals surface area contributed by atoms with Crippen molar-refractivity contribution in [2.45, 2.75) is 38.1 Å². The van der Waals surface area contributed by atoms with E-state index in [2.05, 4.69) is 37.2 Å². The molecule has 0 aliphatic carbocycles. The van der Waals surface area contributed by atoms with E-state index in [9.17, 15) is 4.79 Å². The number of H-pyrrole nitrogens is 1. The minimum Gasteiger partial charge on any atom is -0.371 e. The monoisotopic (exact) mass is 353 g/mol. The van der Waals surface area contributed by atoms with Gasteiger partial charge in [-0.15, -0.1) is 0 Å². The second-order valence-corrected chi connectivity index (χ2v) is 7.29. The SMILES string of the molecule is O=c1cc(N2CCC[C@@H](Nc3cc(N4CCCCC4)ccn3)C2)cc[nH]1. The summed E-state index contributed by atoms with van der Waals surface area (Å²) in [5.74, 6) is 0.950. The summed E-state index contributed by atoms with van der Waals surface area (Å²) in [4.78, 5) is 23.5. The topological polar surface area (TPSA) is 64.3 Å². The lowest BCUT2D eigenvalue weighted by Gasteiger charge is -2.35. The summed E-state index contributed by atoms with van der Waals surface area (Å²) >= 11 is 0. The minimum absolute atomic E-state index is 0.0477. The van der Waals surface area contributed by atoms with Gasteiger partial charge in [0, 0.05) is 68.1 Å². The number of aromatic nitrogens is 2. The molecular weight excluding hydrogens is 326 g/mol. The molecule has 4 rings (SSSR count). The van der Waals surface area contributed by atoms with Crippen molar-refractivity contribution in [3.63, 3.8) is 0 Å². The third-order valence-corrected chi connectivity index (χ3v) is 5.36. The zero-order chi connectivity index (χ0) is 17.8. The van der Waals surface area contributed by atoms with E-state index in [1.54, 1.807) is 12.3 Å². The number of nitrogens with zero attached hydrogens (tertiary/aromatic N) is 3. The van der Waals surface area contributed by atoms with E-state index in [0.29, 0.717) is 6.04 Å². The fraction of sp³-hybridized carbons (Fsp3) is 0.500. The lowest BCUT2D eigenvalue weighted by Crippen LogP contribution is -2.42. The van der Waals surface area contributed by atoms with Gasteiger partial charge in [-0.3, -0.25) is 4.79 Å². The molecule has 0 aromatic carbocycles. The molecule has 6 heteroatoms. The van der Waals surface area contributed by atoms with Crippen molar-refractivity contribution < 1.29 is 0 Å². The smallest absolute Gasteiger partial charge is 0.249 e. The number of piperidine rings is 2. The fourth-order valence-electron chi connectivity index (χ4n) is 4.02. The quantitative estimate of drug-likeness (QED) is 0.885. The van der Waals surface area contributed by atoms with Crippen molar-refractivity contribution in [1.29, 1.82) is 0 Å². The summed E-state index contributed by atoms with van der Waals surface area (Å²) < 4.78 is 0. The van der Waals surface area contributed by atoms with E-state index in [1.165, 1.54) is 24.9 Å². The van der Waals surface area contributed by atoms with Gasteiger partial charge in [0.2, 0.25) is 5.56 Å². The van der Waals surface area contributed by atoms with Gasteiger partial charge >= 0.3 is 0 Å². The predicted molar refractivity (Wildman–Crippen MR) is 106 cm³/mol. The van der Waals surface area contributed by atoms with Crippen LogP contribution in [0.4, 0.5) is 17.2 Å². The summed E-state index contributed by atoms with van der Waals surface area (Å²) in [5, 5.41) is 3.61. The summed E-state index contributed by atoms with van der Waals surface area (Å²) in [6, 6.07) is 8.28. The van der Waals surface area contributed by atoms with Crippen LogP contribution in [0.15, 0.2) is 41.5 Å². The van der Waals surface area contributed by atoms with Crippen LogP contribution >= 0.6 is 0 Å². The van der Waals surface area contributed by atoms with Gasteiger partial charge in [-0.2, -0.15) is 0 Å². The summed E-state index contributed by atoms with van der Waals surface area (Å²) in [6.45, 7) is 4.16. The van der Waals surface area contributed by atoms with Gasteiger partial charge in [-0.1, -0.05) is 0 Å². The van der Waals surface area contributed by atoms with Crippen molar-refractivity contribution in [3.05, 3.63) is 47.0 Å². The highest BCUT2D eigenvalue weighted by Gasteiger charge is 2.21. The number of pyridine rings is 2. The third kappa shape index (κ3) is 4.00. The average Bonchev–Trinajstić information content (AvgIpc) is 2.69. The van der Waals surface area contributed by atoms with E-state index in [1.807, 2.05) is 12.3 Å². The second kappa shape index (κ2) is 7.81. The van der Waals surface area contributed by atoms with Gasteiger partial charge in [-0.25, -0.2) is 4.98 Å². The van der Waals surface area contributed by atoms with Crippen LogP contribution in [0.1, 0.15) is 32.1 Å². The standard InChI is InChI=1S/C20H27N5O/c26-20-14-18(7-9-22-20)25-12-4-5-16(15-25)23-19-13-17(6-8-21-19)24-10-2-1-3-11-24/h6-9,13-14,16H,1-5,10-12,15H2,(H,21,23)(H,22,26)/t16-/m1/s1. The van der Waals surface area contributed by atoms with Crippen molar-refractivity contribution in [3.8, 4) is 0 Å².